The van der Waals surface area contributed by atoms with Gasteiger partial charge in [-0.15, -0.1) is 10.2 Å². The van der Waals surface area contributed by atoms with Crippen molar-refractivity contribution in [3.63, 3.8) is 0 Å². The topological polar surface area (TPSA) is 51.4 Å². The first-order chi connectivity index (χ1) is 12.1. The number of rotatable bonds is 6. The molecule has 0 bridgehead atoms. The maximum atomic E-state index is 5.90. The monoisotopic (exact) mass is 337 g/mol. The van der Waals surface area contributed by atoms with Gasteiger partial charge in [0.05, 0.1) is 13.2 Å². The molecule has 0 aliphatic heterocycles. The third-order valence-corrected chi connectivity index (χ3v) is 4.32. The van der Waals surface area contributed by atoms with E-state index in [2.05, 4.69) is 34.2 Å². The summed E-state index contributed by atoms with van der Waals surface area (Å²) >= 11 is 0. The van der Waals surface area contributed by atoms with Gasteiger partial charge in [-0.05, 0) is 50.7 Å². The highest BCUT2D eigenvalue weighted by Gasteiger charge is 2.19. The standard InChI is InChI=1S/C20H23N3O2/c1-14-6-5-7-17(12-14)20-22-21-19(25-20)15(2)23(3)13-16-8-10-18(24-4)11-9-16/h5-12,15H,13H2,1-4H3/t15-/m1/s1. The smallest absolute Gasteiger partial charge is 0.247 e. The lowest BCUT2D eigenvalue weighted by Gasteiger charge is -2.21. The van der Waals surface area contributed by atoms with E-state index in [-0.39, 0.29) is 6.04 Å². The fourth-order valence-corrected chi connectivity index (χ4v) is 2.64. The lowest BCUT2D eigenvalue weighted by atomic mass is 10.1. The molecule has 0 N–H and O–H groups in total. The van der Waals surface area contributed by atoms with Crippen molar-refractivity contribution in [2.24, 2.45) is 0 Å². The fraction of sp³-hybridized carbons (Fsp3) is 0.300. The molecule has 0 spiro atoms. The lowest BCUT2D eigenvalue weighted by molar-refractivity contribution is 0.218. The molecular formula is C20H23N3O2. The zero-order valence-electron chi connectivity index (χ0n) is 15.1. The summed E-state index contributed by atoms with van der Waals surface area (Å²) in [5.74, 6) is 2.04. The fourth-order valence-electron chi connectivity index (χ4n) is 2.64. The van der Waals surface area contributed by atoms with Gasteiger partial charge in [-0.2, -0.15) is 0 Å². The predicted molar refractivity (Wildman–Crippen MR) is 97.3 cm³/mol. The summed E-state index contributed by atoms with van der Waals surface area (Å²) in [7, 11) is 3.72. The molecule has 0 saturated carbocycles. The number of hydrogen-bond acceptors (Lipinski definition) is 5. The number of methoxy groups -OCH3 is 1. The van der Waals surface area contributed by atoms with Crippen molar-refractivity contribution in [2.45, 2.75) is 26.4 Å². The van der Waals surface area contributed by atoms with Crippen molar-refractivity contribution in [1.82, 2.24) is 15.1 Å². The highest BCUT2D eigenvalue weighted by molar-refractivity contribution is 5.53. The van der Waals surface area contributed by atoms with Gasteiger partial charge in [0.15, 0.2) is 0 Å². The third-order valence-electron chi connectivity index (χ3n) is 4.32. The van der Waals surface area contributed by atoms with Crippen molar-refractivity contribution in [3.8, 4) is 17.2 Å². The molecule has 5 nitrogen and oxygen atoms in total. The van der Waals surface area contributed by atoms with E-state index in [9.17, 15) is 0 Å². The van der Waals surface area contributed by atoms with Gasteiger partial charge in [0.25, 0.3) is 0 Å². The summed E-state index contributed by atoms with van der Waals surface area (Å²) in [4.78, 5) is 2.18. The van der Waals surface area contributed by atoms with Crippen molar-refractivity contribution in [3.05, 3.63) is 65.5 Å². The Balaban J connectivity index is 1.70. The number of nitrogens with zero attached hydrogens (tertiary/aromatic N) is 3. The minimum absolute atomic E-state index is 0.0214. The first kappa shape index (κ1) is 17.2. The number of benzene rings is 2. The number of aromatic nitrogens is 2. The van der Waals surface area contributed by atoms with E-state index in [0.717, 1.165) is 17.9 Å². The van der Waals surface area contributed by atoms with Crippen molar-refractivity contribution in [1.29, 1.82) is 0 Å². The molecular weight excluding hydrogens is 314 g/mol. The molecule has 3 rings (SSSR count). The van der Waals surface area contributed by atoms with Crippen molar-refractivity contribution >= 4 is 0 Å². The minimum atomic E-state index is 0.0214. The molecule has 0 fully saturated rings. The minimum Gasteiger partial charge on any atom is -0.497 e. The first-order valence-corrected chi connectivity index (χ1v) is 8.30. The molecule has 0 aliphatic rings. The van der Waals surface area contributed by atoms with Crippen LogP contribution in [-0.4, -0.2) is 29.3 Å². The molecule has 1 aromatic heterocycles. The van der Waals surface area contributed by atoms with Crippen molar-refractivity contribution < 1.29 is 9.15 Å². The molecule has 0 unspecified atom stereocenters. The highest BCUT2D eigenvalue weighted by Crippen LogP contribution is 2.25. The van der Waals surface area contributed by atoms with E-state index < -0.39 is 0 Å². The van der Waals surface area contributed by atoms with Crippen LogP contribution in [-0.2, 0) is 6.54 Å². The Morgan fingerprint density at radius 3 is 2.56 bits per heavy atom. The molecule has 130 valence electrons. The van der Waals surface area contributed by atoms with Crippen LogP contribution in [0.4, 0.5) is 0 Å². The van der Waals surface area contributed by atoms with Gasteiger partial charge < -0.3 is 9.15 Å². The second kappa shape index (κ2) is 7.49. The van der Waals surface area contributed by atoms with Crippen LogP contribution in [0.3, 0.4) is 0 Å². The quantitative estimate of drug-likeness (QED) is 0.673. The zero-order valence-corrected chi connectivity index (χ0v) is 15.1. The van der Waals surface area contributed by atoms with Gasteiger partial charge in [-0.3, -0.25) is 4.90 Å². The third kappa shape index (κ3) is 4.06. The van der Waals surface area contributed by atoms with Gasteiger partial charge in [0.2, 0.25) is 11.8 Å². The Morgan fingerprint density at radius 1 is 1.12 bits per heavy atom. The van der Waals surface area contributed by atoms with Crippen LogP contribution in [0.25, 0.3) is 11.5 Å². The first-order valence-electron chi connectivity index (χ1n) is 8.30. The van der Waals surface area contributed by atoms with Gasteiger partial charge in [0, 0.05) is 12.1 Å². The van der Waals surface area contributed by atoms with E-state index in [4.69, 9.17) is 9.15 Å². The van der Waals surface area contributed by atoms with Crippen molar-refractivity contribution in [2.75, 3.05) is 14.2 Å². The van der Waals surface area contributed by atoms with E-state index in [0.29, 0.717) is 11.8 Å². The molecule has 25 heavy (non-hydrogen) atoms. The van der Waals surface area contributed by atoms with Crippen LogP contribution in [0.5, 0.6) is 5.75 Å². The molecule has 0 aliphatic carbocycles. The maximum Gasteiger partial charge on any atom is 0.247 e. The Morgan fingerprint density at radius 2 is 1.88 bits per heavy atom. The molecule has 0 saturated heterocycles. The second-order valence-electron chi connectivity index (χ2n) is 6.25. The largest absolute Gasteiger partial charge is 0.497 e. The van der Waals surface area contributed by atoms with Gasteiger partial charge in [-0.25, -0.2) is 0 Å². The van der Waals surface area contributed by atoms with E-state index in [1.54, 1.807) is 7.11 Å². The number of aryl methyl sites for hydroxylation is 1. The van der Waals surface area contributed by atoms with E-state index in [1.165, 1.54) is 11.1 Å². The Labute approximate surface area is 148 Å². The molecule has 5 heteroatoms. The predicted octanol–water partition coefficient (Wildman–Crippen LogP) is 4.25. The van der Waals surface area contributed by atoms with Gasteiger partial charge >= 0.3 is 0 Å². The zero-order chi connectivity index (χ0) is 17.8. The molecule has 1 atom stereocenters. The van der Waals surface area contributed by atoms with Gasteiger partial charge in [0.1, 0.15) is 5.75 Å². The Hall–Kier alpha value is -2.66. The normalized spacial score (nSPS) is 12.4. The maximum absolute atomic E-state index is 5.90. The molecule has 0 amide bonds. The average molecular weight is 337 g/mol. The second-order valence-corrected chi connectivity index (χ2v) is 6.25. The summed E-state index contributed by atoms with van der Waals surface area (Å²) in [5, 5.41) is 8.43. The SMILES string of the molecule is COc1ccc(CN(C)[C@H](C)c2nnc(-c3cccc(C)c3)o2)cc1. The van der Waals surface area contributed by atoms with Crippen LogP contribution < -0.4 is 4.74 Å². The molecule has 3 aromatic rings. The summed E-state index contributed by atoms with van der Waals surface area (Å²) < 4.78 is 11.1. The Kier molecular flexibility index (Phi) is 5.14. The van der Waals surface area contributed by atoms with Crippen LogP contribution >= 0.6 is 0 Å². The summed E-state index contributed by atoms with van der Waals surface area (Å²) in [6.07, 6.45) is 0. The molecule has 1 heterocycles. The Bertz CT molecular complexity index is 827. The lowest BCUT2D eigenvalue weighted by Crippen LogP contribution is -2.22. The highest BCUT2D eigenvalue weighted by atomic mass is 16.5. The van der Waals surface area contributed by atoms with Gasteiger partial charge in [-0.1, -0.05) is 29.8 Å². The summed E-state index contributed by atoms with van der Waals surface area (Å²) in [6, 6.07) is 16.2. The summed E-state index contributed by atoms with van der Waals surface area (Å²) in [5.41, 5.74) is 3.32. The average Bonchev–Trinajstić information content (AvgIpc) is 3.12. The van der Waals surface area contributed by atoms with Crippen LogP contribution in [0.15, 0.2) is 52.9 Å². The van der Waals surface area contributed by atoms with Crippen LogP contribution in [0.2, 0.25) is 0 Å². The van der Waals surface area contributed by atoms with Crippen LogP contribution in [0, 0.1) is 6.92 Å². The van der Waals surface area contributed by atoms with Crippen LogP contribution in [0.1, 0.15) is 30.0 Å². The number of ether oxygens (including phenoxy) is 1. The van der Waals surface area contributed by atoms with E-state index in [1.807, 2.05) is 50.4 Å². The molecule has 2 aromatic carbocycles. The van der Waals surface area contributed by atoms with E-state index >= 15 is 0 Å². The number of hydrogen-bond donors (Lipinski definition) is 0. The molecule has 0 radical (unpaired) electrons. The summed E-state index contributed by atoms with van der Waals surface area (Å²) in [6.45, 7) is 4.90.